The lowest BCUT2D eigenvalue weighted by Gasteiger charge is -2.13. The Balaban J connectivity index is 1.88. The normalized spacial score (nSPS) is 10.8. The third kappa shape index (κ3) is 4.53. The monoisotopic (exact) mass is 480 g/mol. The number of carbonyl (C=O) groups excluding carboxylic acids is 2. The Kier molecular flexibility index (Phi) is 6.31. The SMILES string of the molecule is C=CC(=O)Oc1ccccc1Oc1c(C(=O)c2c(C)cc(Cl)cc2C)sc2cc(F)ccc12. The molecule has 0 radical (unpaired) electrons. The van der Waals surface area contributed by atoms with Crippen molar-refractivity contribution in [1.82, 2.24) is 0 Å². The molecule has 4 rings (SSSR count). The van der Waals surface area contributed by atoms with Crippen molar-refractivity contribution < 1.29 is 23.5 Å². The highest BCUT2D eigenvalue weighted by Gasteiger charge is 2.25. The van der Waals surface area contributed by atoms with Crippen molar-refractivity contribution in [3.8, 4) is 17.2 Å². The summed E-state index contributed by atoms with van der Waals surface area (Å²) in [7, 11) is 0. The summed E-state index contributed by atoms with van der Waals surface area (Å²) >= 11 is 7.28. The number of esters is 1. The number of ketones is 1. The number of halogens is 2. The van der Waals surface area contributed by atoms with Crippen LogP contribution in [0.3, 0.4) is 0 Å². The summed E-state index contributed by atoms with van der Waals surface area (Å²) in [5.41, 5.74) is 1.95. The van der Waals surface area contributed by atoms with Crippen molar-refractivity contribution in [1.29, 1.82) is 0 Å². The van der Waals surface area contributed by atoms with Crippen LogP contribution in [-0.2, 0) is 4.79 Å². The maximum absolute atomic E-state index is 13.9. The zero-order valence-corrected chi connectivity index (χ0v) is 19.4. The maximum atomic E-state index is 13.9. The molecule has 0 bridgehead atoms. The van der Waals surface area contributed by atoms with Crippen molar-refractivity contribution in [2.24, 2.45) is 0 Å². The predicted octanol–water partition coefficient (Wildman–Crippen LogP) is 7.43. The molecular weight excluding hydrogens is 463 g/mol. The minimum Gasteiger partial charge on any atom is -0.451 e. The second-order valence-electron chi connectivity index (χ2n) is 7.32. The standard InChI is InChI=1S/C26H18ClFO4S/c1-4-22(29)31-19-7-5-6-8-20(19)32-25-18-10-9-17(28)13-21(18)33-26(25)24(30)23-14(2)11-16(27)12-15(23)3/h4-13H,1H2,2-3H3. The zero-order valence-electron chi connectivity index (χ0n) is 17.8. The molecule has 0 aliphatic rings. The van der Waals surface area contributed by atoms with Gasteiger partial charge in [-0.1, -0.05) is 30.3 Å². The van der Waals surface area contributed by atoms with Crippen LogP contribution in [0.4, 0.5) is 4.39 Å². The summed E-state index contributed by atoms with van der Waals surface area (Å²) in [6, 6.07) is 14.3. The molecule has 0 aliphatic carbocycles. The minimum atomic E-state index is -0.646. The Morgan fingerprint density at radius 1 is 1.03 bits per heavy atom. The molecule has 3 aromatic carbocycles. The Labute approximate surface area is 198 Å². The summed E-state index contributed by atoms with van der Waals surface area (Å²) in [6.45, 7) is 7.02. The highest BCUT2D eigenvalue weighted by molar-refractivity contribution is 7.21. The lowest BCUT2D eigenvalue weighted by Crippen LogP contribution is -2.07. The number of thiophene rings is 1. The first-order valence-electron chi connectivity index (χ1n) is 9.93. The van der Waals surface area contributed by atoms with Crippen molar-refractivity contribution in [3.05, 3.63) is 99.7 Å². The average molecular weight is 481 g/mol. The molecule has 0 atom stereocenters. The van der Waals surface area contributed by atoms with Gasteiger partial charge < -0.3 is 9.47 Å². The van der Waals surface area contributed by atoms with Crippen molar-refractivity contribution in [2.45, 2.75) is 13.8 Å². The summed E-state index contributed by atoms with van der Waals surface area (Å²) in [5.74, 6) is -0.674. The van der Waals surface area contributed by atoms with E-state index in [-0.39, 0.29) is 23.0 Å². The third-order valence-corrected chi connectivity index (χ3v) is 6.33. The fourth-order valence-electron chi connectivity index (χ4n) is 3.56. The van der Waals surface area contributed by atoms with Crippen molar-refractivity contribution in [3.63, 3.8) is 0 Å². The first-order valence-corrected chi connectivity index (χ1v) is 11.1. The maximum Gasteiger partial charge on any atom is 0.335 e. The van der Waals surface area contributed by atoms with E-state index in [9.17, 15) is 14.0 Å². The molecule has 0 N–H and O–H groups in total. The summed E-state index contributed by atoms with van der Waals surface area (Å²) in [5, 5.41) is 1.10. The second-order valence-corrected chi connectivity index (χ2v) is 8.81. The van der Waals surface area contributed by atoms with Gasteiger partial charge in [0.2, 0.25) is 5.78 Å². The van der Waals surface area contributed by atoms with E-state index in [1.54, 1.807) is 42.5 Å². The molecule has 1 aromatic heterocycles. The number of carbonyl (C=O) groups is 2. The largest absolute Gasteiger partial charge is 0.451 e. The van der Waals surface area contributed by atoms with E-state index in [0.29, 0.717) is 25.5 Å². The number of benzene rings is 3. The number of hydrogen-bond donors (Lipinski definition) is 0. The van der Waals surface area contributed by atoms with Crippen LogP contribution in [0.1, 0.15) is 26.4 Å². The van der Waals surface area contributed by atoms with Crippen molar-refractivity contribution in [2.75, 3.05) is 0 Å². The van der Waals surface area contributed by atoms with Crippen LogP contribution in [0.2, 0.25) is 5.02 Å². The minimum absolute atomic E-state index is 0.168. The molecule has 166 valence electrons. The number of aryl methyl sites for hydroxylation is 2. The molecule has 1 heterocycles. The van der Waals surface area contributed by atoms with Crippen LogP contribution in [0, 0.1) is 19.7 Å². The van der Waals surface area contributed by atoms with Gasteiger partial charge in [-0.25, -0.2) is 9.18 Å². The Morgan fingerprint density at radius 2 is 1.70 bits per heavy atom. The summed E-state index contributed by atoms with van der Waals surface area (Å²) < 4.78 is 25.9. The van der Waals surface area contributed by atoms with E-state index in [0.717, 1.165) is 28.5 Å². The molecule has 0 fully saturated rings. The fourth-order valence-corrected chi connectivity index (χ4v) is 4.99. The molecule has 4 nitrogen and oxygen atoms in total. The van der Waals surface area contributed by atoms with Crippen LogP contribution in [-0.4, -0.2) is 11.8 Å². The van der Waals surface area contributed by atoms with Gasteiger partial charge in [-0.05, 0) is 67.4 Å². The molecule has 7 heteroatoms. The molecule has 0 saturated heterocycles. The number of ether oxygens (including phenoxy) is 2. The molecule has 0 aliphatic heterocycles. The van der Waals surface area contributed by atoms with Gasteiger partial charge in [-0.15, -0.1) is 11.3 Å². The molecule has 0 amide bonds. The van der Waals surface area contributed by atoms with Gasteiger partial charge >= 0.3 is 5.97 Å². The van der Waals surface area contributed by atoms with Gasteiger partial charge in [0.25, 0.3) is 0 Å². The van der Waals surface area contributed by atoms with E-state index in [2.05, 4.69) is 6.58 Å². The Bertz CT molecular complexity index is 1400. The van der Waals surface area contributed by atoms with Crippen LogP contribution in [0.25, 0.3) is 10.1 Å². The number of rotatable bonds is 6. The summed E-state index contributed by atoms with van der Waals surface area (Å²) in [4.78, 5) is 25.7. The number of para-hydroxylation sites is 2. The molecule has 0 unspecified atom stereocenters. The van der Waals surface area contributed by atoms with Gasteiger partial charge in [0.1, 0.15) is 10.7 Å². The Hall–Kier alpha value is -3.48. The molecular formula is C26H18ClFO4S. The Morgan fingerprint density at radius 3 is 2.36 bits per heavy atom. The van der Waals surface area contributed by atoms with Gasteiger partial charge in [-0.2, -0.15) is 0 Å². The van der Waals surface area contributed by atoms with E-state index in [1.807, 2.05) is 13.8 Å². The van der Waals surface area contributed by atoms with E-state index < -0.39 is 11.8 Å². The molecule has 33 heavy (non-hydrogen) atoms. The quantitative estimate of drug-likeness (QED) is 0.125. The molecule has 0 saturated carbocycles. The number of hydrogen-bond acceptors (Lipinski definition) is 5. The van der Waals surface area contributed by atoms with Gasteiger partial charge in [0.05, 0.1) is 0 Å². The first-order chi connectivity index (χ1) is 15.8. The van der Waals surface area contributed by atoms with Crippen LogP contribution in [0.5, 0.6) is 17.2 Å². The smallest absolute Gasteiger partial charge is 0.335 e. The van der Waals surface area contributed by atoms with Crippen LogP contribution >= 0.6 is 22.9 Å². The number of fused-ring (bicyclic) bond motifs is 1. The van der Waals surface area contributed by atoms with Crippen LogP contribution < -0.4 is 9.47 Å². The van der Waals surface area contributed by atoms with Gasteiger partial charge in [-0.3, -0.25) is 4.79 Å². The molecule has 4 aromatic rings. The van der Waals surface area contributed by atoms with Crippen LogP contribution in [0.15, 0.2) is 67.3 Å². The average Bonchev–Trinajstić information content (AvgIpc) is 3.11. The highest BCUT2D eigenvalue weighted by atomic mass is 35.5. The lowest BCUT2D eigenvalue weighted by molar-refractivity contribution is -0.129. The lowest BCUT2D eigenvalue weighted by atomic mass is 9.98. The van der Waals surface area contributed by atoms with E-state index in [4.69, 9.17) is 21.1 Å². The fraction of sp³-hybridized carbons (Fsp3) is 0.0769. The van der Waals surface area contributed by atoms with E-state index in [1.165, 1.54) is 12.1 Å². The predicted molar refractivity (Wildman–Crippen MR) is 128 cm³/mol. The van der Waals surface area contributed by atoms with Gasteiger partial charge in [0.15, 0.2) is 17.2 Å². The van der Waals surface area contributed by atoms with E-state index >= 15 is 0 Å². The first kappa shape index (κ1) is 22.7. The second kappa shape index (κ2) is 9.17. The topological polar surface area (TPSA) is 52.6 Å². The molecule has 0 spiro atoms. The highest BCUT2D eigenvalue weighted by Crippen LogP contribution is 2.44. The van der Waals surface area contributed by atoms with Crippen molar-refractivity contribution >= 4 is 44.8 Å². The van der Waals surface area contributed by atoms with Gasteiger partial charge in [0, 0.05) is 26.7 Å². The summed E-state index contributed by atoms with van der Waals surface area (Å²) in [6.07, 6.45) is 1.04. The third-order valence-electron chi connectivity index (χ3n) is 4.98. The zero-order chi connectivity index (χ0) is 23.7.